The van der Waals surface area contributed by atoms with E-state index in [1.165, 1.54) is 0 Å². The van der Waals surface area contributed by atoms with E-state index < -0.39 is 0 Å². The van der Waals surface area contributed by atoms with E-state index in [2.05, 4.69) is 22.2 Å². The largest absolute Gasteiger partial charge is 0.478 e. The van der Waals surface area contributed by atoms with E-state index in [-0.39, 0.29) is 5.60 Å². The summed E-state index contributed by atoms with van der Waals surface area (Å²) >= 11 is 0. The molecule has 0 amide bonds. The predicted octanol–water partition coefficient (Wildman–Crippen LogP) is 2.80. The van der Waals surface area contributed by atoms with Crippen molar-refractivity contribution in [1.29, 1.82) is 0 Å². The smallest absolute Gasteiger partial charge is 0.226 e. The molecule has 1 rings (SSSR count). The molecule has 0 unspecified atom stereocenters. The van der Waals surface area contributed by atoms with Crippen molar-refractivity contribution in [2.45, 2.75) is 46.6 Å². The van der Waals surface area contributed by atoms with Crippen molar-refractivity contribution in [3.63, 3.8) is 0 Å². The van der Waals surface area contributed by atoms with E-state index in [1.807, 2.05) is 33.8 Å². The zero-order valence-corrected chi connectivity index (χ0v) is 12.6. The minimum Gasteiger partial charge on any atom is -0.478 e. The van der Waals surface area contributed by atoms with Gasteiger partial charge in [0.1, 0.15) is 0 Å². The van der Waals surface area contributed by atoms with Crippen LogP contribution in [-0.4, -0.2) is 35.3 Å². The highest BCUT2D eigenvalue weighted by Crippen LogP contribution is 2.14. The molecule has 0 radical (unpaired) electrons. The van der Waals surface area contributed by atoms with Crippen molar-refractivity contribution in [3.8, 4) is 5.88 Å². The second-order valence-electron chi connectivity index (χ2n) is 5.07. The minimum atomic E-state index is -0.244. The fraction of sp³-hybridized carbons (Fsp3) is 0.714. The van der Waals surface area contributed by atoms with E-state index in [0.29, 0.717) is 31.6 Å². The van der Waals surface area contributed by atoms with Crippen LogP contribution in [0.15, 0.2) is 6.07 Å². The Balaban J connectivity index is 2.65. The van der Waals surface area contributed by atoms with E-state index in [1.54, 1.807) is 0 Å². The summed E-state index contributed by atoms with van der Waals surface area (Å²) in [4.78, 5) is 8.68. The van der Waals surface area contributed by atoms with Crippen LogP contribution in [0.5, 0.6) is 5.88 Å². The van der Waals surface area contributed by atoms with Crippen molar-refractivity contribution < 1.29 is 9.47 Å². The highest BCUT2D eigenvalue weighted by Gasteiger charge is 2.17. The number of nitrogens with one attached hydrogen (secondary N) is 1. The summed E-state index contributed by atoms with van der Waals surface area (Å²) in [6, 6.07) is 1.84. The second kappa shape index (κ2) is 7.28. The molecule has 0 saturated heterocycles. The predicted molar refractivity (Wildman–Crippen MR) is 76.7 cm³/mol. The molecule has 0 aliphatic carbocycles. The lowest BCUT2D eigenvalue weighted by Gasteiger charge is -2.24. The van der Waals surface area contributed by atoms with E-state index in [0.717, 1.165) is 12.1 Å². The molecule has 0 aliphatic rings. The Kier molecular flexibility index (Phi) is 6.02. The van der Waals surface area contributed by atoms with E-state index in [9.17, 15) is 0 Å². The number of ether oxygens (including phenoxy) is 2. The Hall–Kier alpha value is -1.36. The summed E-state index contributed by atoms with van der Waals surface area (Å²) in [5, 5.41) is 3.20. The zero-order valence-electron chi connectivity index (χ0n) is 12.6. The van der Waals surface area contributed by atoms with Crippen molar-refractivity contribution in [1.82, 2.24) is 9.97 Å². The lowest BCUT2D eigenvalue weighted by atomic mass is 10.1. The maximum absolute atomic E-state index is 5.63. The molecule has 1 aromatic heterocycles. The van der Waals surface area contributed by atoms with Crippen LogP contribution in [0.1, 0.15) is 39.8 Å². The molecular formula is C14H25N3O2. The number of anilines is 1. The zero-order chi connectivity index (χ0) is 14.3. The van der Waals surface area contributed by atoms with Gasteiger partial charge in [0.2, 0.25) is 11.8 Å². The van der Waals surface area contributed by atoms with Crippen molar-refractivity contribution in [2.75, 3.05) is 25.1 Å². The third-order valence-electron chi connectivity index (χ3n) is 2.49. The van der Waals surface area contributed by atoms with Gasteiger partial charge in [-0.2, -0.15) is 4.98 Å². The first-order valence-corrected chi connectivity index (χ1v) is 6.83. The van der Waals surface area contributed by atoms with Crippen LogP contribution in [0.3, 0.4) is 0 Å². The molecule has 1 N–H and O–H groups in total. The Morgan fingerprint density at radius 1 is 1.26 bits per heavy atom. The third-order valence-corrected chi connectivity index (χ3v) is 2.49. The minimum absolute atomic E-state index is 0.244. The van der Waals surface area contributed by atoms with Gasteiger partial charge < -0.3 is 14.8 Å². The maximum Gasteiger partial charge on any atom is 0.226 e. The molecule has 1 heterocycles. The summed E-state index contributed by atoms with van der Waals surface area (Å²) in [6.07, 6.45) is 0.961. The van der Waals surface area contributed by atoms with Gasteiger partial charge in [-0.05, 0) is 34.1 Å². The Labute approximate surface area is 115 Å². The Morgan fingerprint density at radius 2 is 2.00 bits per heavy atom. The topological polar surface area (TPSA) is 56.3 Å². The first-order chi connectivity index (χ1) is 8.96. The molecule has 0 spiro atoms. The number of hydrogen-bond acceptors (Lipinski definition) is 5. The van der Waals surface area contributed by atoms with Crippen molar-refractivity contribution >= 4 is 5.95 Å². The molecule has 0 atom stereocenters. The fourth-order valence-corrected chi connectivity index (χ4v) is 1.63. The number of aromatic nitrogens is 2. The van der Waals surface area contributed by atoms with Crippen molar-refractivity contribution in [3.05, 3.63) is 11.8 Å². The number of nitrogens with zero attached hydrogens (tertiary/aromatic N) is 2. The molecule has 0 saturated carbocycles. The lowest BCUT2D eigenvalue weighted by Crippen LogP contribution is -2.33. The molecular weight excluding hydrogens is 242 g/mol. The van der Waals surface area contributed by atoms with Gasteiger partial charge in [-0.1, -0.05) is 6.92 Å². The molecule has 108 valence electrons. The molecule has 0 aromatic carbocycles. The van der Waals surface area contributed by atoms with Gasteiger partial charge in [0.15, 0.2) is 0 Å². The third kappa shape index (κ3) is 5.87. The average Bonchev–Trinajstić information content (AvgIpc) is 2.33. The highest BCUT2D eigenvalue weighted by atomic mass is 16.5. The van der Waals surface area contributed by atoms with Crippen LogP contribution in [0, 0.1) is 6.92 Å². The number of hydrogen-bond donors (Lipinski definition) is 1. The summed E-state index contributed by atoms with van der Waals surface area (Å²) in [7, 11) is 0. The molecule has 1 aromatic rings. The van der Waals surface area contributed by atoms with E-state index >= 15 is 0 Å². The Bertz CT molecular complexity index is 394. The van der Waals surface area contributed by atoms with Crippen LogP contribution < -0.4 is 10.1 Å². The average molecular weight is 267 g/mol. The summed E-state index contributed by atoms with van der Waals surface area (Å²) in [5.74, 6) is 1.20. The van der Waals surface area contributed by atoms with Crippen LogP contribution in [0.4, 0.5) is 5.95 Å². The Morgan fingerprint density at radius 3 is 2.63 bits per heavy atom. The first-order valence-electron chi connectivity index (χ1n) is 6.83. The van der Waals surface area contributed by atoms with Gasteiger partial charge in [-0.3, -0.25) is 0 Å². The second-order valence-corrected chi connectivity index (χ2v) is 5.07. The quantitative estimate of drug-likeness (QED) is 0.785. The van der Waals surface area contributed by atoms with Gasteiger partial charge in [0.25, 0.3) is 0 Å². The van der Waals surface area contributed by atoms with Crippen molar-refractivity contribution in [2.24, 2.45) is 0 Å². The van der Waals surface area contributed by atoms with Gasteiger partial charge in [-0.15, -0.1) is 0 Å². The van der Waals surface area contributed by atoms with Crippen LogP contribution >= 0.6 is 0 Å². The van der Waals surface area contributed by atoms with Gasteiger partial charge in [0.05, 0.1) is 12.2 Å². The molecule has 0 bridgehead atoms. The van der Waals surface area contributed by atoms with Gasteiger partial charge in [-0.25, -0.2) is 4.98 Å². The molecule has 0 aliphatic heterocycles. The molecule has 5 heteroatoms. The van der Waals surface area contributed by atoms with Crippen LogP contribution in [0.25, 0.3) is 0 Å². The molecule has 0 fully saturated rings. The highest BCUT2D eigenvalue weighted by molar-refractivity contribution is 5.31. The molecule has 5 nitrogen and oxygen atoms in total. The van der Waals surface area contributed by atoms with Crippen LogP contribution in [0.2, 0.25) is 0 Å². The van der Waals surface area contributed by atoms with Gasteiger partial charge in [0, 0.05) is 24.9 Å². The maximum atomic E-state index is 5.63. The standard InChI is InChI=1S/C14H25N3O2/c1-6-8-18-12-9-11(3)16-13(17-12)15-10-14(4,5)19-7-2/h9H,6-8,10H2,1-5H3,(H,15,16,17). The monoisotopic (exact) mass is 267 g/mol. The first kappa shape index (κ1) is 15.7. The fourth-order valence-electron chi connectivity index (χ4n) is 1.63. The molecule has 19 heavy (non-hydrogen) atoms. The van der Waals surface area contributed by atoms with E-state index in [4.69, 9.17) is 9.47 Å². The lowest BCUT2D eigenvalue weighted by molar-refractivity contribution is 0.000568. The SMILES string of the molecule is CCCOc1cc(C)nc(NCC(C)(C)OCC)n1. The number of rotatable bonds is 8. The number of aryl methyl sites for hydroxylation is 1. The van der Waals surface area contributed by atoms with Gasteiger partial charge >= 0.3 is 0 Å². The summed E-state index contributed by atoms with van der Waals surface area (Å²) in [6.45, 7) is 12.1. The normalized spacial score (nSPS) is 11.4. The summed E-state index contributed by atoms with van der Waals surface area (Å²) < 4.78 is 11.2. The van der Waals surface area contributed by atoms with Crippen LogP contribution in [-0.2, 0) is 4.74 Å². The summed E-state index contributed by atoms with van der Waals surface area (Å²) in [5.41, 5.74) is 0.643.